The molecule has 1 rings (SSSR count). The van der Waals surface area contributed by atoms with Crippen molar-refractivity contribution in [2.45, 2.75) is 6.92 Å². The maximum Gasteiger partial charge on any atom is 0.257 e. The van der Waals surface area contributed by atoms with E-state index in [0.29, 0.717) is 0 Å². The lowest BCUT2D eigenvalue weighted by atomic mass is 10.2. The van der Waals surface area contributed by atoms with Gasteiger partial charge in [0, 0.05) is 6.08 Å². The second kappa shape index (κ2) is 5.46. The maximum absolute atomic E-state index is 11.2. The maximum atomic E-state index is 11.2. The topological polar surface area (TPSA) is 63.2 Å². The lowest BCUT2D eigenvalue weighted by Crippen LogP contribution is -2.30. The Hall–Kier alpha value is -1.62. The van der Waals surface area contributed by atoms with Crippen LogP contribution in [0, 0.1) is 0 Å². The number of carbonyl (C=O) groups excluding carboxylic acids is 1. The van der Waals surface area contributed by atoms with Crippen LogP contribution in [0.15, 0.2) is 36.4 Å². The van der Waals surface area contributed by atoms with Gasteiger partial charge in [-0.1, -0.05) is 30.3 Å². The average molecular weight is 239 g/mol. The molecular weight excluding hydrogens is 226 g/mol. The fraction of sp³-hybridized carbons (Fsp3) is 0.182. The number of rotatable bonds is 4. The van der Waals surface area contributed by atoms with Gasteiger partial charge in [0.25, 0.3) is 5.91 Å². The summed E-state index contributed by atoms with van der Waals surface area (Å²) in [6, 6.07) is 9.16. The average Bonchev–Trinajstić information content (AvgIpc) is 2.27. The van der Waals surface area contributed by atoms with Gasteiger partial charge in [0.15, 0.2) is 0 Å². The molecule has 0 saturated carbocycles. The van der Waals surface area contributed by atoms with Gasteiger partial charge in [0.05, 0.1) is 5.75 Å². The van der Waals surface area contributed by atoms with Crippen LogP contribution in [0.1, 0.15) is 12.5 Å². The molecule has 0 aliphatic rings. The van der Waals surface area contributed by atoms with Gasteiger partial charge in [-0.15, -0.1) is 0 Å². The molecule has 86 valence electrons. The highest BCUT2D eigenvalue weighted by Gasteiger charge is 2.08. The van der Waals surface area contributed by atoms with Crippen molar-refractivity contribution in [3.8, 4) is 0 Å². The van der Waals surface area contributed by atoms with Crippen molar-refractivity contribution in [1.29, 1.82) is 0 Å². The molecule has 4 nitrogen and oxygen atoms in total. The third-order valence-electron chi connectivity index (χ3n) is 1.86. The predicted octanol–water partition coefficient (Wildman–Crippen LogP) is 1.17. The summed E-state index contributed by atoms with van der Waals surface area (Å²) in [5.41, 5.74) is 0.839. The standard InChI is InChI=1S/C11H13NO3S/c1-2-16(14,15)12-11(13)9-8-10-6-4-3-5-7-10/h3-9H,2H2,1H3,(H,12,13). The van der Waals surface area contributed by atoms with Crippen molar-refractivity contribution in [2.24, 2.45) is 0 Å². The molecule has 0 aliphatic heterocycles. The summed E-state index contributed by atoms with van der Waals surface area (Å²) in [6.45, 7) is 1.47. The SMILES string of the molecule is CCS(=O)(=O)NC(=O)C=Cc1ccccc1. The van der Waals surface area contributed by atoms with E-state index >= 15 is 0 Å². The van der Waals surface area contributed by atoms with E-state index < -0.39 is 15.9 Å². The van der Waals surface area contributed by atoms with Crippen molar-refractivity contribution < 1.29 is 13.2 Å². The molecule has 0 fully saturated rings. The summed E-state index contributed by atoms with van der Waals surface area (Å²) in [7, 11) is -3.47. The van der Waals surface area contributed by atoms with Crippen molar-refractivity contribution in [3.63, 3.8) is 0 Å². The Balaban J connectivity index is 2.63. The van der Waals surface area contributed by atoms with E-state index in [1.165, 1.54) is 13.0 Å². The van der Waals surface area contributed by atoms with Crippen LogP contribution in [0.4, 0.5) is 0 Å². The number of amides is 1. The quantitative estimate of drug-likeness (QED) is 0.802. The van der Waals surface area contributed by atoms with Crippen LogP contribution in [0.2, 0.25) is 0 Å². The zero-order valence-electron chi connectivity index (χ0n) is 8.88. The van der Waals surface area contributed by atoms with Crippen LogP contribution in [0.5, 0.6) is 0 Å². The van der Waals surface area contributed by atoms with Crippen molar-refractivity contribution in [1.82, 2.24) is 4.72 Å². The Morgan fingerprint density at radius 3 is 2.50 bits per heavy atom. The molecule has 0 radical (unpaired) electrons. The summed E-state index contributed by atoms with van der Waals surface area (Å²) >= 11 is 0. The van der Waals surface area contributed by atoms with Crippen molar-refractivity contribution in [3.05, 3.63) is 42.0 Å². The molecule has 0 aromatic heterocycles. The fourth-order valence-corrected chi connectivity index (χ4v) is 1.51. The predicted molar refractivity (Wildman–Crippen MR) is 63.1 cm³/mol. The highest BCUT2D eigenvalue weighted by atomic mass is 32.2. The van der Waals surface area contributed by atoms with E-state index in [1.54, 1.807) is 6.08 Å². The molecule has 0 heterocycles. The minimum atomic E-state index is -3.47. The van der Waals surface area contributed by atoms with E-state index in [9.17, 15) is 13.2 Å². The number of nitrogens with one attached hydrogen (secondary N) is 1. The Bertz CT molecular complexity index is 477. The first-order valence-corrected chi connectivity index (χ1v) is 6.46. The highest BCUT2D eigenvalue weighted by molar-refractivity contribution is 7.90. The molecule has 0 bridgehead atoms. The minimum absolute atomic E-state index is 0.113. The van der Waals surface area contributed by atoms with Crippen LogP contribution in [0.3, 0.4) is 0 Å². The number of hydrogen-bond acceptors (Lipinski definition) is 3. The van der Waals surface area contributed by atoms with Gasteiger partial charge in [-0.3, -0.25) is 4.79 Å². The number of benzene rings is 1. The van der Waals surface area contributed by atoms with E-state index in [-0.39, 0.29) is 5.75 Å². The first kappa shape index (κ1) is 12.4. The number of sulfonamides is 1. The zero-order chi connectivity index (χ0) is 12.0. The zero-order valence-corrected chi connectivity index (χ0v) is 9.70. The third-order valence-corrected chi connectivity index (χ3v) is 3.14. The van der Waals surface area contributed by atoms with Gasteiger partial charge in [0.2, 0.25) is 10.0 Å². The lowest BCUT2D eigenvalue weighted by molar-refractivity contribution is -0.114. The Morgan fingerprint density at radius 2 is 1.94 bits per heavy atom. The molecule has 0 unspecified atom stereocenters. The second-order valence-electron chi connectivity index (χ2n) is 3.11. The summed E-state index contributed by atoms with van der Waals surface area (Å²) in [5, 5.41) is 0. The fourth-order valence-electron chi connectivity index (χ4n) is 0.996. The van der Waals surface area contributed by atoms with Crippen LogP contribution < -0.4 is 4.72 Å². The highest BCUT2D eigenvalue weighted by Crippen LogP contribution is 2.00. The van der Waals surface area contributed by atoms with Crippen LogP contribution >= 0.6 is 0 Å². The van der Waals surface area contributed by atoms with Crippen LogP contribution in [0.25, 0.3) is 6.08 Å². The number of carbonyl (C=O) groups is 1. The Kier molecular flexibility index (Phi) is 4.25. The molecule has 0 spiro atoms. The summed E-state index contributed by atoms with van der Waals surface area (Å²) in [4.78, 5) is 11.2. The van der Waals surface area contributed by atoms with Crippen molar-refractivity contribution >= 4 is 22.0 Å². The molecular formula is C11H13NO3S. The van der Waals surface area contributed by atoms with Crippen LogP contribution in [-0.4, -0.2) is 20.1 Å². The number of hydrogen-bond donors (Lipinski definition) is 1. The minimum Gasteiger partial charge on any atom is -0.269 e. The van der Waals surface area contributed by atoms with Gasteiger partial charge >= 0.3 is 0 Å². The molecule has 0 aliphatic carbocycles. The summed E-state index contributed by atoms with van der Waals surface area (Å²) < 4.78 is 24.0. The monoisotopic (exact) mass is 239 g/mol. The Labute approximate surface area is 95.0 Å². The smallest absolute Gasteiger partial charge is 0.257 e. The third kappa shape index (κ3) is 4.27. The van der Waals surface area contributed by atoms with Gasteiger partial charge in [-0.2, -0.15) is 0 Å². The molecule has 0 saturated heterocycles. The normalized spacial score (nSPS) is 11.6. The van der Waals surface area contributed by atoms with Gasteiger partial charge < -0.3 is 0 Å². The first-order valence-electron chi connectivity index (χ1n) is 4.81. The molecule has 1 aromatic carbocycles. The molecule has 16 heavy (non-hydrogen) atoms. The van der Waals surface area contributed by atoms with Crippen LogP contribution in [-0.2, 0) is 14.8 Å². The Morgan fingerprint density at radius 1 is 1.31 bits per heavy atom. The lowest BCUT2D eigenvalue weighted by Gasteiger charge is -2.00. The largest absolute Gasteiger partial charge is 0.269 e. The van der Waals surface area contributed by atoms with Gasteiger partial charge in [-0.25, -0.2) is 13.1 Å². The molecule has 1 N–H and O–H groups in total. The van der Waals surface area contributed by atoms with E-state index in [1.807, 2.05) is 35.1 Å². The molecule has 1 amide bonds. The first-order chi connectivity index (χ1) is 7.53. The summed E-state index contributed by atoms with van der Waals surface area (Å²) in [6.07, 6.45) is 2.75. The molecule has 0 atom stereocenters. The van der Waals surface area contributed by atoms with E-state index in [0.717, 1.165) is 5.56 Å². The summed E-state index contributed by atoms with van der Waals surface area (Å²) in [5.74, 6) is -0.747. The second-order valence-corrected chi connectivity index (χ2v) is 5.12. The van der Waals surface area contributed by atoms with Gasteiger partial charge in [-0.05, 0) is 18.6 Å². The molecule has 5 heteroatoms. The van der Waals surface area contributed by atoms with Gasteiger partial charge in [0.1, 0.15) is 0 Å². The molecule has 1 aromatic rings. The van der Waals surface area contributed by atoms with Crippen molar-refractivity contribution in [2.75, 3.05) is 5.75 Å². The van der Waals surface area contributed by atoms with E-state index in [4.69, 9.17) is 0 Å². The van der Waals surface area contributed by atoms with E-state index in [2.05, 4.69) is 0 Å².